The van der Waals surface area contributed by atoms with Crippen LogP contribution in [0.4, 0.5) is 0 Å². The molecule has 2 heterocycles. The lowest BCUT2D eigenvalue weighted by atomic mass is 10.0. The average molecular weight is 237 g/mol. The van der Waals surface area contributed by atoms with E-state index in [1.54, 1.807) is 0 Å². The summed E-state index contributed by atoms with van der Waals surface area (Å²) in [4.78, 5) is 4.45. The van der Waals surface area contributed by atoms with Gasteiger partial charge < -0.3 is 14.6 Å². The fourth-order valence-electron chi connectivity index (χ4n) is 2.26. The number of aromatic nitrogens is 2. The molecule has 1 aromatic rings. The molecule has 0 atom stereocenters. The Hall–Kier alpha value is -0.870. The van der Waals surface area contributed by atoms with Gasteiger partial charge in [0.1, 0.15) is 0 Å². The fraction of sp³-hybridized carbons (Fsp3) is 0.769. The summed E-state index contributed by atoms with van der Waals surface area (Å²) in [5.41, 5.74) is 1.19. The van der Waals surface area contributed by atoms with Crippen LogP contribution in [0, 0.1) is 5.92 Å². The SMILES string of the molecule is CCNCCc1cn(CC2CCOCC2)cn1. The number of nitrogens with one attached hydrogen (secondary N) is 1. The molecular formula is C13H23N3O. The molecule has 0 bridgehead atoms. The highest BCUT2D eigenvalue weighted by Gasteiger charge is 2.14. The standard InChI is InChI=1S/C13H23N3O/c1-2-14-6-3-13-10-16(11-15-13)9-12-4-7-17-8-5-12/h10-12,14H,2-9H2,1H3. The van der Waals surface area contributed by atoms with E-state index in [0.29, 0.717) is 0 Å². The Kier molecular flexibility index (Phi) is 5.01. The molecular weight excluding hydrogens is 214 g/mol. The van der Waals surface area contributed by atoms with Crippen molar-refractivity contribution in [3.05, 3.63) is 18.2 Å². The number of hydrogen-bond acceptors (Lipinski definition) is 3. The Morgan fingerprint density at radius 2 is 2.29 bits per heavy atom. The van der Waals surface area contributed by atoms with Crippen LogP contribution < -0.4 is 5.32 Å². The van der Waals surface area contributed by atoms with Gasteiger partial charge in [-0.15, -0.1) is 0 Å². The van der Waals surface area contributed by atoms with Gasteiger partial charge in [-0.1, -0.05) is 6.92 Å². The van der Waals surface area contributed by atoms with Gasteiger partial charge in [0, 0.05) is 38.9 Å². The zero-order valence-corrected chi connectivity index (χ0v) is 10.7. The summed E-state index contributed by atoms with van der Waals surface area (Å²) in [6, 6.07) is 0. The summed E-state index contributed by atoms with van der Waals surface area (Å²) in [5.74, 6) is 0.763. The second-order valence-electron chi connectivity index (χ2n) is 4.72. The monoisotopic (exact) mass is 237 g/mol. The van der Waals surface area contributed by atoms with Crippen LogP contribution >= 0.6 is 0 Å². The van der Waals surface area contributed by atoms with Gasteiger partial charge in [0.15, 0.2) is 0 Å². The molecule has 96 valence electrons. The molecule has 1 aromatic heterocycles. The second kappa shape index (κ2) is 6.77. The van der Waals surface area contributed by atoms with Crippen molar-refractivity contribution in [1.82, 2.24) is 14.9 Å². The maximum Gasteiger partial charge on any atom is 0.0949 e. The third-order valence-corrected chi connectivity index (χ3v) is 3.30. The third-order valence-electron chi connectivity index (χ3n) is 3.30. The van der Waals surface area contributed by atoms with Gasteiger partial charge in [-0.05, 0) is 25.3 Å². The lowest BCUT2D eigenvalue weighted by molar-refractivity contribution is 0.0612. The molecule has 0 aromatic carbocycles. The molecule has 0 radical (unpaired) electrons. The van der Waals surface area contributed by atoms with Crippen LogP contribution in [0.5, 0.6) is 0 Å². The Labute approximate surface area is 103 Å². The molecule has 0 aliphatic carbocycles. The van der Waals surface area contributed by atoms with E-state index in [-0.39, 0.29) is 0 Å². The van der Waals surface area contributed by atoms with Gasteiger partial charge in [-0.2, -0.15) is 0 Å². The van der Waals surface area contributed by atoms with Gasteiger partial charge in [0.05, 0.1) is 12.0 Å². The van der Waals surface area contributed by atoms with E-state index in [4.69, 9.17) is 4.74 Å². The van der Waals surface area contributed by atoms with Crippen LogP contribution in [0.1, 0.15) is 25.5 Å². The molecule has 4 heteroatoms. The quantitative estimate of drug-likeness (QED) is 0.761. The topological polar surface area (TPSA) is 39.1 Å². The number of hydrogen-bond donors (Lipinski definition) is 1. The predicted molar refractivity (Wildman–Crippen MR) is 68.0 cm³/mol. The maximum absolute atomic E-state index is 5.37. The minimum absolute atomic E-state index is 0.763. The van der Waals surface area contributed by atoms with E-state index in [0.717, 1.165) is 45.2 Å². The van der Waals surface area contributed by atoms with Crippen LogP contribution in [0.15, 0.2) is 12.5 Å². The Morgan fingerprint density at radius 1 is 1.47 bits per heavy atom. The smallest absolute Gasteiger partial charge is 0.0949 e. The normalized spacial score (nSPS) is 17.5. The van der Waals surface area contributed by atoms with E-state index in [2.05, 4.69) is 28.0 Å². The Balaban J connectivity index is 1.76. The third kappa shape index (κ3) is 4.13. The highest BCUT2D eigenvalue weighted by molar-refractivity contribution is 4.97. The van der Waals surface area contributed by atoms with Gasteiger partial charge in [-0.25, -0.2) is 4.98 Å². The predicted octanol–water partition coefficient (Wildman–Crippen LogP) is 1.46. The molecule has 1 N–H and O–H groups in total. The molecule has 4 nitrogen and oxygen atoms in total. The van der Waals surface area contributed by atoms with Crippen molar-refractivity contribution in [3.8, 4) is 0 Å². The number of rotatable bonds is 6. The molecule has 1 saturated heterocycles. The first-order chi connectivity index (χ1) is 8.38. The summed E-state index contributed by atoms with van der Waals surface area (Å²) in [6.45, 7) is 7.12. The van der Waals surface area contributed by atoms with Gasteiger partial charge in [0.2, 0.25) is 0 Å². The van der Waals surface area contributed by atoms with E-state index < -0.39 is 0 Å². The molecule has 1 fully saturated rings. The summed E-state index contributed by atoms with van der Waals surface area (Å²) < 4.78 is 7.61. The highest BCUT2D eigenvalue weighted by atomic mass is 16.5. The molecule has 0 saturated carbocycles. The van der Waals surface area contributed by atoms with Crippen molar-refractivity contribution in [1.29, 1.82) is 0 Å². The number of likely N-dealkylation sites (N-methyl/N-ethyl adjacent to an activating group) is 1. The number of imidazole rings is 1. The van der Waals surface area contributed by atoms with E-state index >= 15 is 0 Å². The van der Waals surface area contributed by atoms with Crippen LogP contribution in [0.25, 0.3) is 0 Å². The van der Waals surface area contributed by atoms with Gasteiger partial charge >= 0.3 is 0 Å². The average Bonchev–Trinajstić information content (AvgIpc) is 2.79. The minimum atomic E-state index is 0.763. The maximum atomic E-state index is 5.37. The zero-order chi connectivity index (χ0) is 11.9. The summed E-state index contributed by atoms with van der Waals surface area (Å²) in [7, 11) is 0. The molecule has 2 rings (SSSR count). The molecule has 1 aliphatic rings. The van der Waals surface area contributed by atoms with E-state index in [1.165, 1.54) is 18.5 Å². The Bertz CT molecular complexity index is 318. The molecule has 0 amide bonds. The van der Waals surface area contributed by atoms with Gasteiger partial charge in [0.25, 0.3) is 0 Å². The molecule has 17 heavy (non-hydrogen) atoms. The highest BCUT2D eigenvalue weighted by Crippen LogP contribution is 2.16. The summed E-state index contributed by atoms with van der Waals surface area (Å²) in [6.07, 6.45) is 7.55. The summed E-state index contributed by atoms with van der Waals surface area (Å²) >= 11 is 0. The van der Waals surface area contributed by atoms with E-state index in [1.807, 2.05) is 6.33 Å². The van der Waals surface area contributed by atoms with Crippen molar-refractivity contribution in [2.24, 2.45) is 5.92 Å². The van der Waals surface area contributed by atoms with Crippen LogP contribution in [0.2, 0.25) is 0 Å². The first-order valence-electron chi connectivity index (χ1n) is 6.67. The van der Waals surface area contributed by atoms with Crippen molar-refractivity contribution >= 4 is 0 Å². The largest absolute Gasteiger partial charge is 0.381 e. The lowest BCUT2D eigenvalue weighted by Crippen LogP contribution is -2.19. The number of ether oxygens (including phenoxy) is 1. The van der Waals surface area contributed by atoms with Crippen LogP contribution in [0.3, 0.4) is 0 Å². The minimum Gasteiger partial charge on any atom is -0.381 e. The summed E-state index contributed by atoms with van der Waals surface area (Å²) in [5, 5.41) is 3.32. The Morgan fingerprint density at radius 3 is 3.06 bits per heavy atom. The zero-order valence-electron chi connectivity index (χ0n) is 10.7. The van der Waals surface area contributed by atoms with Crippen molar-refractivity contribution in [3.63, 3.8) is 0 Å². The molecule has 0 spiro atoms. The molecule has 1 aliphatic heterocycles. The fourth-order valence-corrected chi connectivity index (χ4v) is 2.26. The first kappa shape index (κ1) is 12.6. The second-order valence-corrected chi connectivity index (χ2v) is 4.72. The van der Waals surface area contributed by atoms with Crippen LogP contribution in [-0.4, -0.2) is 35.9 Å². The lowest BCUT2D eigenvalue weighted by Gasteiger charge is -2.22. The first-order valence-corrected chi connectivity index (χ1v) is 6.67. The van der Waals surface area contributed by atoms with E-state index in [9.17, 15) is 0 Å². The molecule has 0 unspecified atom stereocenters. The van der Waals surface area contributed by atoms with Crippen molar-refractivity contribution in [2.45, 2.75) is 32.7 Å². The van der Waals surface area contributed by atoms with Gasteiger partial charge in [-0.3, -0.25) is 0 Å². The van der Waals surface area contributed by atoms with Crippen molar-refractivity contribution in [2.75, 3.05) is 26.3 Å². The number of nitrogens with zero attached hydrogens (tertiary/aromatic N) is 2. The van der Waals surface area contributed by atoms with Crippen molar-refractivity contribution < 1.29 is 4.74 Å². The van der Waals surface area contributed by atoms with Crippen LogP contribution in [-0.2, 0) is 17.7 Å².